The highest BCUT2D eigenvalue weighted by Crippen LogP contribution is 2.25. The van der Waals surface area contributed by atoms with Gasteiger partial charge in [-0.15, -0.1) is 10.2 Å². The van der Waals surface area contributed by atoms with Crippen molar-refractivity contribution in [3.05, 3.63) is 71.0 Å². The van der Waals surface area contributed by atoms with Crippen LogP contribution in [0.2, 0.25) is 5.02 Å². The summed E-state index contributed by atoms with van der Waals surface area (Å²) in [7, 11) is 0. The van der Waals surface area contributed by atoms with Crippen molar-refractivity contribution in [2.24, 2.45) is 0 Å². The number of aromatic nitrogens is 3. The third-order valence-electron chi connectivity index (χ3n) is 3.68. The van der Waals surface area contributed by atoms with E-state index in [9.17, 15) is 4.79 Å². The largest absolute Gasteiger partial charge is 0.300 e. The lowest BCUT2D eigenvalue weighted by Crippen LogP contribution is -2.04. The molecule has 1 heterocycles. The maximum absolute atomic E-state index is 11.2. The molecule has 0 saturated heterocycles. The zero-order valence-corrected chi connectivity index (χ0v) is 15.4. The molecule has 3 aromatic rings. The van der Waals surface area contributed by atoms with Gasteiger partial charge in [-0.05, 0) is 36.8 Å². The van der Waals surface area contributed by atoms with Crippen molar-refractivity contribution in [3.63, 3.8) is 0 Å². The first kappa shape index (κ1) is 17.7. The van der Waals surface area contributed by atoms with Crippen molar-refractivity contribution in [1.29, 1.82) is 0 Å². The number of carbonyl (C=O) groups is 1. The molecule has 2 aromatic carbocycles. The molecule has 0 aliphatic rings. The van der Waals surface area contributed by atoms with Crippen LogP contribution >= 0.6 is 23.4 Å². The SMILES string of the molecule is CC(=O)CCSc1nnc(Cc2ccccc2)n1-c1ccc(Cl)cc1. The Morgan fingerprint density at radius 3 is 2.48 bits per heavy atom. The van der Waals surface area contributed by atoms with Gasteiger partial charge < -0.3 is 0 Å². The maximum atomic E-state index is 11.2. The third kappa shape index (κ3) is 4.71. The molecule has 0 saturated carbocycles. The van der Waals surface area contributed by atoms with E-state index in [0.29, 0.717) is 23.6 Å². The first-order chi connectivity index (χ1) is 12.1. The zero-order chi connectivity index (χ0) is 17.6. The fourth-order valence-electron chi connectivity index (χ4n) is 2.42. The maximum Gasteiger partial charge on any atom is 0.195 e. The highest BCUT2D eigenvalue weighted by molar-refractivity contribution is 7.99. The quantitative estimate of drug-likeness (QED) is 0.570. The van der Waals surface area contributed by atoms with Gasteiger partial charge in [0, 0.05) is 29.3 Å². The number of hydrogen-bond acceptors (Lipinski definition) is 4. The molecule has 4 nitrogen and oxygen atoms in total. The summed E-state index contributed by atoms with van der Waals surface area (Å²) in [5.41, 5.74) is 2.14. The standard InChI is InChI=1S/C19H18ClN3OS/c1-14(24)11-12-25-19-22-21-18(13-15-5-3-2-4-6-15)23(19)17-9-7-16(20)8-10-17/h2-10H,11-13H2,1H3. The second kappa shape index (κ2) is 8.32. The van der Waals surface area contributed by atoms with E-state index in [1.54, 1.807) is 18.7 Å². The molecule has 0 amide bonds. The van der Waals surface area contributed by atoms with Crippen LogP contribution in [0.25, 0.3) is 5.69 Å². The van der Waals surface area contributed by atoms with E-state index in [0.717, 1.165) is 16.7 Å². The summed E-state index contributed by atoms with van der Waals surface area (Å²) in [5, 5.41) is 10.2. The number of nitrogens with zero attached hydrogens (tertiary/aromatic N) is 3. The second-order valence-electron chi connectivity index (χ2n) is 5.67. The number of carbonyl (C=O) groups excluding carboxylic acids is 1. The summed E-state index contributed by atoms with van der Waals surface area (Å²) >= 11 is 7.56. The molecule has 0 bridgehead atoms. The molecule has 25 heavy (non-hydrogen) atoms. The Morgan fingerprint density at radius 2 is 1.80 bits per heavy atom. The van der Waals surface area contributed by atoms with Gasteiger partial charge in [-0.2, -0.15) is 0 Å². The number of hydrogen-bond donors (Lipinski definition) is 0. The van der Waals surface area contributed by atoms with Gasteiger partial charge in [0.15, 0.2) is 5.16 Å². The highest BCUT2D eigenvalue weighted by Gasteiger charge is 2.15. The zero-order valence-electron chi connectivity index (χ0n) is 13.9. The van der Waals surface area contributed by atoms with Crippen molar-refractivity contribution in [2.75, 3.05) is 5.75 Å². The van der Waals surface area contributed by atoms with Crippen molar-refractivity contribution in [1.82, 2.24) is 14.8 Å². The minimum Gasteiger partial charge on any atom is -0.300 e. The summed E-state index contributed by atoms with van der Waals surface area (Å²) in [6, 6.07) is 17.8. The third-order valence-corrected chi connectivity index (χ3v) is 4.86. The average Bonchev–Trinajstić information content (AvgIpc) is 2.99. The van der Waals surface area contributed by atoms with Gasteiger partial charge >= 0.3 is 0 Å². The minimum atomic E-state index is 0.176. The van der Waals surface area contributed by atoms with E-state index in [1.165, 1.54) is 5.56 Å². The highest BCUT2D eigenvalue weighted by atomic mass is 35.5. The first-order valence-electron chi connectivity index (χ1n) is 8.00. The minimum absolute atomic E-state index is 0.176. The molecule has 0 aliphatic carbocycles. The monoisotopic (exact) mass is 371 g/mol. The number of thioether (sulfide) groups is 1. The van der Waals surface area contributed by atoms with Crippen LogP contribution in [0, 0.1) is 0 Å². The number of halogens is 1. The van der Waals surface area contributed by atoms with Gasteiger partial charge in [0.2, 0.25) is 0 Å². The number of Topliss-reactive ketones (excluding diaryl/α,β-unsaturated/α-hetero) is 1. The van der Waals surface area contributed by atoms with E-state index in [4.69, 9.17) is 11.6 Å². The Kier molecular flexibility index (Phi) is 5.89. The molecule has 6 heteroatoms. The normalized spacial score (nSPS) is 10.8. The van der Waals surface area contributed by atoms with Gasteiger partial charge in [-0.25, -0.2) is 0 Å². The summed E-state index contributed by atoms with van der Waals surface area (Å²) in [4.78, 5) is 11.2. The molecule has 3 rings (SSSR count). The van der Waals surface area contributed by atoms with Crippen molar-refractivity contribution >= 4 is 29.1 Å². The van der Waals surface area contributed by atoms with E-state index in [2.05, 4.69) is 22.3 Å². The van der Waals surface area contributed by atoms with E-state index in [1.807, 2.05) is 47.0 Å². The molecule has 0 atom stereocenters. The lowest BCUT2D eigenvalue weighted by atomic mass is 10.1. The molecule has 0 fully saturated rings. The van der Waals surface area contributed by atoms with E-state index >= 15 is 0 Å². The van der Waals surface area contributed by atoms with Crippen LogP contribution in [-0.2, 0) is 11.2 Å². The Morgan fingerprint density at radius 1 is 1.08 bits per heavy atom. The van der Waals surface area contributed by atoms with Gasteiger partial charge in [-0.3, -0.25) is 9.36 Å². The van der Waals surface area contributed by atoms with Crippen LogP contribution in [0.15, 0.2) is 59.8 Å². The molecule has 0 unspecified atom stereocenters. The first-order valence-corrected chi connectivity index (χ1v) is 9.36. The van der Waals surface area contributed by atoms with Crippen LogP contribution in [0.4, 0.5) is 0 Å². The molecule has 1 aromatic heterocycles. The van der Waals surface area contributed by atoms with Crippen molar-refractivity contribution in [2.45, 2.75) is 24.9 Å². The second-order valence-corrected chi connectivity index (χ2v) is 7.17. The van der Waals surface area contributed by atoms with Crippen LogP contribution in [0.3, 0.4) is 0 Å². The van der Waals surface area contributed by atoms with Crippen LogP contribution in [0.5, 0.6) is 0 Å². The Labute approximate surface area is 156 Å². The van der Waals surface area contributed by atoms with Crippen molar-refractivity contribution in [3.8, 4) is 5.69 Å². The van der Waals surface area contributed by atoms with Crippen LogP contribution in [0.1, 0.15) is 24.7 Å². The average molecular weight is 372 g/mol. The molecular weight excluding hydrogens is 354 g/mol. The summed E-state index contributed by atoms with van der Waals surface area (Å²) in [6.45, 7) is 1.60. The molecule has 0 spiro atoms. The topological polar surface area (TPSA) is 47.8 Å². The molecule has 128 valence electrons. The number of ketones is 1. The summed E-state index contributed by atoms with van der Waals surface area (Å²) in [5.74, 6) is 1.72. The van der Waals surface area contributed by atoms with Gasteiger partial charge in [0.25, 0.3) is 0 Å². The van der Waals surface area contributed by atoms with Gasteiger partial charge in [0.1, 0.15) is 11.6 Å². The van der Waals surface area contributed by atoms with E-state index < -0.39 is 0 Å². The van der Waals surface area contributed by atoms with Crippen molar-refractivity contribution < 1.29 is 4.79 Å². The van der Waals surface area contributed by atoms with Gasteiger partial charge in [0.05, 0.1) is 0 Å². The molecule has 0 aliphatic heterocycles. The lowest BCUT2D eigenvalue weighted by Gasteiger charge is -2.10. The predicted molar refractivity (Wildman–Crippen MR) is 102 cm³/mol. The summed E-state index contributed by atoms with van der Waals surface area (Å²) < 4.78 is 2.04. The Balaban J connectivity index is 1.92. The fourth-order valence-corrected chi connectivity index (χ4v) is 3.56. The molecular formula is C19H18ClN3OS. The molecule has 0 N–H and O–H groups in total. The number of benzene rings is 2. The van der Waals surface area contributed by atoms with E-state index in [-0.39, 0.29) is 5.78 Å². The van der Waals surface area contributed by atoms with Gasteiger partial charge in [-0.1, -0.05) is 53.7 Å². The smallest absolute Gasteiger partial charge is 0.195 e. The lowest BCUT2D eigenvalue weighted by molar-refractivity contribution is -0.116. The molecule has 0 radical (unpaired) electrons. The summed E-state index contributed by atoms with van der Waals surface area (Å²) in [6.07, 6.45) is 1.20. The Bertz CT molecular complexity index is 847. The number of rotatable bonds is 7. The predicted octanol–water partition coefficient (Wildman–Crippen LogP) is 4.58. The fraction of sp³-hybridized carbons (Fsp3) is 0.211. The van der Waals surface area contributed by atoms with Crippen LogP contribution in [-0.4, -0.2) is 26.3 Å². The Hall–Kier alpha value is -2.11. The van der Waals surface area contributed by atoms with Crippen LogP contribution < -0.4 is 0 Å².